The van der Waals surface area contributed by atoms with E-state index in [0.717, 1.165) is 16.3 Å². The van der Waals surface area contributed by atoms with Gasteiger partial charge in [-0.25, -0.2) is 4.98 Å². The van der Waals surface area contributed by atoms with Crippen molar-refractivity contribution in [2.24, 2.45) is 5.73 Å². The Kier molecular flexibility index (Phi) is 6.40. The van der Waals surface area contributed by atoms with E-state index < -0.39 is 5.91 Å². The molecule has 0 atom stereocenters. The Labute approximate surface area is 171 Å². The van der Waals surface area contributed by atoms with Crippen LogP contribution >= 0.6 is 11.3 Å². The van der Waals surface area contributed by atoms with Crippen LogP contribution in [0, 0.1) is 6.92 Å². The number of amides is 3. The Morgan fingerprint density at radius 3 is 2.52 bits per heavy atom. The maximum absolute atomic E-state index is 12.2. The molecule has 0 aliphatic carbocycles. The maximum atomic E-state index is 12.2. The van der Waals surface area contributed by atoms with Crippen molar-refractivity contribution in [3.8, 4) is 10.8 Å². The van der Waals surface area contributed by atoms with Crippen LogP contribution in [0.25, 0.3) is 10.8 Å². The molecular formula is C20H20N4O4S. The molecule has 3 rings (SSSR count). The van der Waals surface area contributed by atoms with Gasteiger partial charge in [0.25, 0.3) is 5.91 Å². The number of aryl methyl sites for hydroxylation is 1. The van der Waals surface area contributed by atoms with Gasteiger partial charge >= 0.3 is 0 Å². The van der Waals surface area contributed by atoms with Gasteiger partial charge in [0.05, 0.1) is 18.7 Å². The standard InChI is InChI=1S/C20H20N4O4S/c1-12-2-7-16(28-12)20-24-15(11-29-20)8-18(26)22-9-13-3-5-14(6-4-13)19(27)23-10-17(21)25/h2-7,11H,8-10H2,1H3,(H2,21,25)(H,22,26)(H,23,27). The van der Waals surface area contributed by atoms with Gasteiger partial charge < -0.3 is 20.8 Å². The first-order valence-electron chi connectivity index (χ1n) is 8.84. The zero-order chi connectivity index (χ0) is 20.8. The van der Waals surface area contributed by atoms with Gasteiger partial charge in [0.2, 0.25) is 11.8 Å². The van der Waals surface area contributed by atoms with Crippen LogP contribution in [0.3, 0.4) is 0 Å². The topological polar surface area (TPSA) is 127 Å². The number of nitrogens with one attached hydrogen (secondary N) is 2. The largest absolute Gasteiger partial charge is 0.459 e. The zero-order valence-corrected chi connectivity index (χ0v) is 16.5. The van der Waals surface area contributed by atoms with Crippen molar-refractivity contribution in [1.29, 1.82) is 0 Å². The van der Waals surface area contributed by atoms with Gasteiger partial charge in [-0.1, -0.05) is 12.1 Å². The minimum atomic E-state index is -0.607. The van der Waals surface area contributed by atoms with Crippen LogP contribution in [0.15, 0.2) is 46.2 Å². The second-order valence-electron chi connectivity index (χ2n) is 6.35. The lowest BCUT2D eigenvalue weighted by Gasteiger charge is -2.06. The molecular weight excluding hydrogens is 392 g/mol. The third-order valence-electron chi connectivity index (χ3n) is 3.97. The van der Waals surface area contributed by atoms with E-state index >= 15 is 0 Å². The predicted molar refractivity (Wildman–Crippen MR) is 108 cm³/mol. The first-order valence-corrected chi connectivity index (χ1v) is 9.72. The molecule has 0 saturated heterocycles. The number of aromatic nitrogens is 1. The molecule has 0 aliphatic heterocycles. The smallest absolute Gasteiger partial charge is 0.251 e. The lowest BCUT2D eigenvalue weighted by molar-refractivity contribution is -0.120. The molecule has 150 valence electrons. The van der Waals surface area contributed by atoms with Crippen molar-refractivity contribution in [3.63, 3.8) is 0 Å². The minimum Gasteiger partial charge on any atom is -0.459 e. The SMILES string of the molecule is Cc1ccc(-c2nc(CC(=O)NCc3ccc(C(=O)NCC(N)=O)cc3)cs2)o1. The first kappa shape index (κ1) is 20.3. The summed E-state index contributed by atoms with van der Waals surface area (Å²) in [5.74, 6) is 0.361. The van der Waals surface area contributed by atoms with Gasteiger partial charge in [-0.3, -0.25) is 14.4 Å². The van der Waals surface area contributed by atoms with Gasteiger partial charge in [0.15, 0.2) is 10.8 Å². The Hall–Kier alpha value is -3.46. The van der Waals surface area contributed by atoms with Crippen LogP contribution in [0.1, 0.15) is 27.4 Å². The molecule has 3 amide bonds. The average Bonchev–Trinajstić information content (AvgIpc) is 3.33. The number of nitrogens with two attached hydrogens (primary N) is 1. The summed E-state index contributed by atoms with van der Waals surface area (Å²) in [5.41, 5.74) is 6.92. The quantitative estimate of drug-likeness (QED) is 0.520. The van der Waals surface area contributed by atoms with Crippen molar-refractivity contribution in [2.75, 3.05) is 6.54 Å². The van der Waals surface area contributed by atoms with Gasteiger partial charge in [0.1, 0.15) is 5.76 Å². The molecule has 1 aromatic carbocycles. The summed E-state index contributed by atoms with van der Waals surface area (Å²) in [6.07, 6.45) is 0.170. The summed E-state index contributed by atoms with van der Waals surface area (Å²) in [4.78, 5) is 39.2. The van der Waals surface area contributed by atoms with E-state index in [9.17, 15) is 14.4 Å². The van der Waals surface area contributed by atoms with Gasteiger partial charge in [-0.05, 0) is 36.8 Å². The van der Waals surface area contributed by atoms with Crippen molar-refractivity contribution in [1.82, 2.24) is 15.6 Å². The summed E-state index contributed by atoms with van der Waals surface area (Å²) in [6.45, 7) is 1.98. The van der Waals surface area contributed by atoms with Crippen LogP contribution in [0.2, 0.25) is 0 Å². The molecule has 8 nitrogen and oxygen atoms in total. The Balaban J connectivity index is 1.49. The van der Waals surface area contributed by atoms with Gasteiger partial charge in [-0.2, -0.15) is 0 Å². The number of carbonyl (C=O) groups is 3. The van der Waals surface area contributed by atoms with Crippen molar-refractivity contribution in [3.05, 3.63) is 64.4 Å². The number of carbonyl (C=O) groups excluding carboxylic acids is 3. The van der Waals surface area contributed by atoms with E-state index in [0.29, 0.717) is 23.6 Å². The van der Waals surface area contributed by atoms with Crippen LogP contribution in [0.4, 0.5) is 0 Å². The zero-order valence-electron chi connectivity index (χ0n) is 15.7. The van der Waals surface area contributed by atoms with E-state index in [1.807, 2.05) is 24.4 Å². The lowest BCUT2D eigenvalue weighted by Crippen LogP contribution is -2.33. The average molecular weight is 412 g/mol. The normalized spacial score (nSPS) is 10.5. The summed E-state index contributed by atoms with van der Waals surface area (Å²) >= 11 is 1.43. The molecule has 0 saturated carbocycles. The fourth-order valence-corrected chi connectivity index (χ4v) is 3.30. The first-order chi connectivity index (χ1) is 13.9. The number of rotatable bonds is 8. The predicted octanol–water partition coefficient (Wildman–Crippen LogP) is 1.79. The van der Waals surface area contributed by atoms with Crippen LogP contribution in [-0.4, -0.2) is 29.3 Å². The molecule has 0 unspecified atom stereocenters. The van der Waals surface area contributed by atoms with E-state index in [2.05, 4.69) is 15.6 Å². The number of nitrogens with zero attached hydrogens (tertiary/aromatic N) is 1. The van der Waals surface area contributed by atoms with Crippen LogP contribution in [-0.2, 0) is 22.6 Å². The molecule has 9 heteroatoms. The fraction of sp³-hybridized carbons (Fsp3) is 0.200. The van der Waals surface area contributed by atoms with Crippen molar-refractivity contribution in [2.45, 2.75) is 19.9 Å². The second kappa shape index (κ2) is 9.16. The van der Waals surface area contributed by atoms with Crippen LogP contribution < -0.4 is 16.4 Å². The maximum Gasteiger partial charge on any atom is 0.251 e. The van der Waals surface area contributed by atoms with E-state index in [1.54, 1.807) is 24.3 Å². The number of hydrogen-bond acceptors (Lipinski definition) is 6. The fourth-order valence-electron chi connectivity index (χ4n) is 2.52. The molecule has 0 bridgehead atoms. The highest BCUT2D eigenvalue weighted by molar-refractivity contribution is 7.13. The molecule has 0 radical (unpaired) electrons. The molecule has 4 N–H and O–H groups in total. The number of furan rings is 1. The molecule has 0 fully saturated rings. The summed E-state index contributed by atoms with van der Waals surface area (Å²) < 4.78 is 5.54. The Morgan fingerprint density at radius 2 is 1.86 bits per heavy atom. The van der Waals surface area contributed by atoms with Crippen molar-refractivity contribution < 1.29 is 18.8 Å². The monoisotopic (exact) mass is 412 g/mol. The van der Waals surface area contributed by atoms with Crippen molar-refractivity contribution >= 4 is 29.1 Å². The minimum absolute atomic E-state index is 0.152. The molecule has 0 aliphatic rings. The highest BCUT2D eigenvalue weighted by Gasteiger charge is 2.11. The summed E-state index contributed by atoms with van der Waals surface area (Å²) in [6, 6.07) is 10.4. The van der Waals surface area contributed by atoms with Gasteiger partial charge in [0, 0.05) is 17.5 Å². The summed E-state index contributed by atoms with van der Waals surface area (Å²) in [5, 5.41) is 7.83. The Bertz CT molecular complexity index is 1020. The molecule has 2 heterocycles. The highest BCUT2D eigenvalue weighted by Crippen LogP contribution is 2.25. The van der Waals surface area contributed by atoms with Gasteiger partial charge in [-0.15, -0.1) is 11.3 Å². The number of thiazole rings is 1. The van der Waals surface area contributed by atoms with E-state index in [-0.39, 0.29) is 24.8 Å². The second-order valence-corrected chi connectivity index (χ2v) is 7.21. The third kappa shape index (κ3) is 5.76. The summed E-state index contributed by atoms with van der Waals surface area (Å²) in [7, 11) is 0. The third-order valence-corrected chi connectivity index (χ3v) is 4.88. The number of primary amides is 1. The van der Waals surface area contributed by atoms with E-state index in [4.69, 9.17) is 10.2 Å². The number of hydrogen-bond donors (Lipinski definition) is 3. The molecule has 2 aromatic heterocycles. The Morgan fingerprint density at radius 1 is 1.10 bits per heavy atom. The molecule has 3 aromatic rings. The highest BCUT2D eigenvalue weighted by atomic mass is 32.1. The molecule has 0 spiro atoms. The van der Waals surface area contributed by atoms with Crippen LogP contribution in [0.5, 0.6) is 0 Å². The molecule has 29 heavy (non-hydrogen) atoms. The number of benzene rings is 1. The van der Waals surface area contributed by atoms with E-state index in [1.165, 1.54) is 11.3 Å². The lowest BCUT2D eigenvalue weighted by atomic mass is 10.1.